The first kappa shape index (κ1) is 18.0. The fourth-order valence-corrected chi connectivity index (χ4v) is 3.80. The first-order valence-corrected chi connectivity index (χ1v) is 8.18. The molecule has 0 aliphatic carbocycles. The zero-order valence-electron chi connectivity index (χ0n) is 11.3. The van der Waals surface area contributed by atoms with E-state index in [1.165, 1.54) is 6.92 Å². The van der Waals surface area contributed by atoms with E-state index in [1.54, 1.807) is 6.92 Å². The van der Waals surface area contributed by atoms with Gasteiger partial charge in [0.25, 0.3) is 0 Å². The second-order valence-corrected chi connectivity index (χ2v) is 7.30. The smallest absolute Gasteiger partial charge is 0.310 e. The lowest BCUT2D eigenvalue weighted by molar-refractivity contribution is -0.147. The largest absolute Gasteiger partial charge is 0.481 e. The standard InChI is InChI=1S/C12H14BrF2NO4S/c1-3-12(2,11(17)18)6-16-21(19,20)10-8(13)4-7(14)5-9(10)15/h4-5,16H,3,6H2,1-2H3,(H,17,18). The Morgan fingerprint density at radius 3 is 2.43 bits per heavy atom. The molecule has 1 atom stereocenters. The predicted molar refractivity (Wildman–Crippen MR) is 75.3 cm³/mol. The van der Waals surface area contributed by atoms with E-state index < -0.39 is 44.5 Å². The van der Waals surface area contributed by atoms with Crippen molar-refractivity contribution in [2.24, 2.45) is 5.41 Å². The zero-order valence-corrected chi connectivity index (χ0v) is 13.7. The van der Waals surface area contributed by atoms with Crippen LogP contribution in [0, 0.1) is 17.0 Å². The van der Waals surface area contributed by atoms with Crippen LogP contribution in [-0.4, -0.2) is 26.0 Å². The molecule has 0 amide bonds. The summed E-state index contributed by atoms with van der Waals surface area (Å²) in [6.07, 6.45) is 0.178. The summed E-state index contributed by atoms with van der Waals surface area (Å²) in [5, 5.41) is 9.08. The Morgan fingerprint density at radius 1 is 1.43 bits per heavy atom. The van der Waals surface area contributed by atoms with Crippen LogP contribution < -0.4 is 4.72 Å². The summed E-state index contributed by atoms with van der Waals surface area (Å²) in [6.45, 7) is 2.55. The molecular weight excluding hydrogens is 372 g/mol. The summed E-state index contributed by atoms with van der Waals surface area (Å²) in [5.41, 5.74) is -1.32. The third-order valence-corrected chi connectivity index (χ3v) is 5.55. The van der Waals surface area contributed by atoms with Crippen LogP contribution in [0.2, 0.25) is 0 Å². The number of carboxylic acid groups (broad SMARTS) is 1. The minimum Gasteiger partial charge on any atom is -0.481 e. The number of aliphatic carboxylic acids is 1. The lowest BCUT2D eigenvalue weighted by atomic mass is 9.88. The zero-order chi connectivity index (χ0) is 16.4. The highest BCUT2D eigenvalue weighted by Gasteiger charge is 2.34. The van der Waals surface area contributed by atoms with Crippen LogP contribution in [0.5, 0.6) is 0 Å². The molecule has 0 radical (unpaired) electrons. The Hall–Kier alpha value is -1.06. The molecule has 5 nitrogen and oxygen atoms in total. The van der Waals surface area contributed by atoms with Crippen molar-refractivity contribution >= 4 is 31.9 Å². The van der Waals surface area contributed by atoms with Crippen LogP contribution in [0.15, 0.2) is 21.5 Å². The van der Waals surface area contributed by atoms with Crippen LogP contribution in [0.1, 0.15) is 20.3 Å². The molecule has 0 bridgehead atoms. The molecular formula is C12H14BrF2NO4S. The van der Waals surface area contributed by atoms with Gasteiger partial charge < -0.3 is 5.11 Å². The summed E-state index contributed by atoms with van der Waals surface area (Å²) >= 11 is 2.78. The first-order chi connectivity index (χ1) is 9.53. The molecule has 0 saturated carbocycles. The van der Waals surface area contributed by atoms with E-state index in [1.807, 2.05) is 4.72 Å². The van der Waals surface area contributed by atoms with Gasteiger partial charge in [-0.3, -0.25) is 4.79 Å². The van der Waals surface area contributed by atoms with Gasteiger partial charge in [-0.15, -0.1) is 0 Å². The highest BCUT2D eigenvalue weighted by Crippen LogP contribution is 2.27. The van der Waals surface area contributed by atoms with Crippen molar-refractivity contribution in [2.75, 3.05) is 6.54 Å². The van der Waals surface area contributed by atoms with E-state index in [-0.39, 0.29) is 10.9 Å². The maximum atomic E-state index is 13.7. The summed E-state index contributed by atoms with van der Waals surface area (Å²) in [7, 11) is -4.32. The number of benzene rings is 1. The van der Waals surface area contributed by atoms with E-state index in [0.717, 1.165) is 6.07 Å². The minimum absolute atomic E-state index is 0.178. The van der Waals surface area contributed by atoms with Crippen molar-refractivity contribution in [1.82, 2.24) is 4.72 Å². The topological polar surface area (TPSA) is 83.5 Å². The molecule has 9 heteroatoms. The molecule has 118 valence electrons. The third kappa shape index (κ3) is 3.98. The number of nitrogens with one attached hydrogen (secondary N) is 1. The van der Waals surface area contributed by atoms with E-state index >= 15 is 0 Å². The van der Waals surface area contributed by atoms with Gasteiger partial charge in [-0.25, -0.2) is 21.9 Å². The van der Waals surface area contributed by atoms with Gasteiger partial charge in [0.05, 0.1) is 5.41 Å². The lowest BCUT2D eigenvalue weighted by Gasteiger charge is -2.23. The molecule has 21 heavy (non-hydrogen) atoms. The average Bonchev–Trinajstić information content (AvgIpc) is 2.34. The molecule has 0 saturated heterocycles. The highest BCUT2D eigenvalue weighted by molar-refractivity contribution is 9.10. The van der Waals surface area contributed by atoms with Gasteiger partial charge in [-0.2, -0.15) is 0 Å². The Morgan fingerprint density at radius 2 is 2.00 bits per heavy atom. The van der Waals surface area contributed by atoms with Gasteiger partial charge in [-0.05, 0) is 35.3 Å². The summed E-state index contributed by atoms with van der Waals surface area (Å²) in [5.74, 6) is -3.36. The Labute approximate surface area is 129 Å². The molecule has 0 aliphatic heterocycles. The first-order valence-electron chi connectivity index (χ1n) is 5.91. The molecule has 0 aliphatic rings. The molecule has 1 rings (SSSR count). The maximum Gasteiger partial charge on any atom is 0.310 e. The lowest BCUT2D eigenvalue weighted by Crippen LogP contribution is -2.40. The summed E-state index contributed by atoms with van der Waals surface area (Å²) < 4.78 is 52.5. The minimum atomic E-state index is -4.32. The van der Waals surface area contributed by atoms with Crippen molar-refractivity contribution in [3.8, 4) is 0 Å². The SMILES string of the molecule is CCC(C)(CNS(=O)(=O)c1c(F)cc(F)cc1Br)C(=O)O. The highest BCUT2D eigenvalue weighted by atomic mass is 79.9. The second-order valence-electron chi connectivity index (χ2n) is 4.74. The maximum absolute atomic E-state index is 13.7. The van der Waals surface area contributed by atoms with Gasteiger partial charge in [0.1, 0.15) is 16.5 Å². The van der Waals surface area contributed by atoms with Gasteiger partial charge in [0.2, 0.25) is 10.0 Å². The molecule has 0 spiro atoms. The second kappa shape index (κ2) is 6.37. The predicted octanol–water partition coefficient (Wildman–Crippen LogP) is 2.51. The number of halogens is 3. The Bertz CT molecular complexity index is 642. The fourth-order valence-electron chi connectivity index (χ4n) is 1.46. The van der Waals surface area contributed by atoms with Crippen molar-refractivity contribution < 1.29 is 27.1 Å². The van der Waals surface area contributed by atoms with Crippen molar-refractivity contribution in [1.29, 1.82) is 0 Å². The van der Waals surface area contributed by atoms with Crippen LogP contribution in [0.3, 0.4) is 0 Å². The van der Waals surface area contributed by atoms with E-state index in [2.05, 4.69) is 15.9 Å². The van der Waals surface area contributed by atoms with Crippen molar-refractivity contribution in [3.63, 3.8) is 0 Å². The van der Waals surface area contributed by atoms with E-state index in [9.17, 15) is 22.0 Å². The number of carbonyl (C=O) groups is 1. The fraction of sp³-hybridized carbons (Fsp3) is 0.417. The molecule has 0 fully saturated rings. The van der Waals surface area contributed by atoms with Crippen molar-refractivity contribution in [3.05, 3.63) is 28.2 Å². The van der Waals surface area contributed by atoms with Gasteiger partial charge in [0.15, 0.2) is 0 Å². The number of rotatable bonds is 6. The van der Waals surface area contributed by atoms with E-state index in [0.29, 0.717) is 6.07 Å². The van der Waals surface area contributed by atoms with Crippen LogP contribution in [0.25, 0.3) is 0 Å². The normalized spacial score (nSPS) is 14.7. The van der Waals surface area contributed by atoms with Crippen LogP contribution >= 0.6 is 15.9 Å². The summed E-state index contributed by atoms with van der Waals surface area (Å²) in [6, 6.07) is 1.25. The molecule has 2 N–H and O–H groups in total. The van der Waals surface area contributed by atoms with Crippen molar-refractivity contribution in [2.45, 2.75) is 25.2 Å². The number of hydrogen-bond acceptors (Lipinski definition) is 3. The Balaban J connectivity index is 3.12. The molecule has 1 aromatic rings. The van der Waals surface area contributed by atoms with Crippen LogP contribution in [0.4, 0.5) is 8.78 Å². The number of carboxylic acids is 1. The molecule has 0 heterocycles. The number of sulfonamides is 1. The van der Waals surface area contributed by atoms with Crippen LogP contribution in [-0.2, 0) is 14.8 Å². The number of hydrogen-bond donors (Lipinski definition) is 2. The Kier molecular flexibility index (Phi) is 5.46. The molecule has 1 aromatic carbocycles. The van der Waals surface area contributed by atoms with Gasteiger partial charge >= 0.3 is 5.97 Å². The molecule has 1 unspecified atom stereocenters. The molecule has 0 aromatic heterocycles. The van der Waals surface area contributed by atoms with E-state index in [4.69, 9.17) is 5.11 Å². The van der Waals surface area contributed by atoms with Gasteiger partial charge in [-0.1, -0.05) is 6.92 Å². The third-order valence-electron chi connectivity index (χ3n) is 3.18. The summed E-state index contributed by atoms with van der Waals surface area (Å²) in [4.78, 5) is 10.4. The monoisotopic (exact) mass is 385 g/mol. The average molecular weight is 386 g/mol. The quantitative estimate of drug-likeness (QED) is 0.787. The van der Waals surface area contributed by atoms with Gasteiger partial charge in [0, 0.05) is 17.1 Å².